The summed E-state index contributed by atoms with van der Waals surface area (Å²) >= 11 is 0. The van der Waals surface area contributed by atoms with Gasteiger partial charge in [-0.3, -0.25) is 4.90 Å². The number of ether oxygens (including phenoxy) is 1. The highest BCUT2D eigenvalue weighted by atomic mass is 28.4. The maximum Gasteiger partial charge on any atom is 0.416 e. The van der Waals surface area contributed by atoms with Gasteiger partial charge >= 0.3 is 18.4 Å². The highest BCUT2D eigenvalue weighted by Crippen LogP contribution is 2.43. The van der Waals surface area contributed by atoms with Crippen molar-refractivity contribution in [1.29, 1.82) is 0 Å². The van der Waals surface area contributed by atoms with Crippen LogP contribution in [-0.4, -0.2) is 49.7 Å². The fourth-order valence-electron chi connectivity index (χ4n) is 4.60. The number of carbonyl (C=O) groups is 1. The molecule has 5 nitrogen and oxygen atoms in total. The molecular formula is C28H35F6NO4Si. The lowest BCUT2D eigenvalue weighted by molar-refractivity contribution is -0.143. The summed E-state index contributed by atoms with van der Waals surface area (Å²) in [7, 11) is -2.30. The Morgan fingerprint density at radius 2 is 1.52 bits per heavy atom. The third kappa shape index (κ3) is 7.19. The largest absolute Gasteiger partial charge is 0.465 e. The van der Waals surface area contributed by atoms with Crippen molar-refractivity contribution in [3.8, 4) is 0 Å². The maximum absolute atomic E-state index is 13.5. The monoisotopic (exact) mass is 591 g/mol. The molecule has 1 fully saturated rings. The molecule has 1 N–H and O–H groups in total. The van der Waals surface area contributed by atoms with Crippen molar-refractivity contribution in [3.63, 3.8) is 0 Å². The molecule has 2 aromatic carbocycles. The van der Waals surface area contributed by atoms with E-state index < -0.39 is 62.1 Å². The van der Waals surface area contributed by atoms with E-state index in [-0.39, 0.29) is 29.8 Å². The second kappa shape index (κ2) is 11.4. The Morgan fingerprint density at radius 1 is 1.00 bits per heavy atom. The zero-order valence-corrected chi connectivity index (χ0v) is 24.2. The summed E-state index contributed by atoms with van der Waals surface area (Å²) in [5.74, 6) is -0.572. The molecule has 12 heteroatoms. The van der Waals surface area contributed by atoms with Crippen molar-refractivity contribution in [2.24, 2.45) is 0 Å². The lowest BCUT2D eigenvalue weighted by Gasteiger charge is -2.38. The van der Waals surface area contributed by atoms with Gasteiger partial charge in [-0.15, -0.1) is 0 Å². The van der Waals surface area contributed by atoms with Gasteiger partial charge in [0.1, 0.15) is 0 Å². The Morgan fingerprint density at radius 3 is 1.98 bits per heavy atom. The standard InChI is InChI=1S/C28H35F6NO4Si/c1-17(19-12-20(27(29,30)31)14-21(13-19)28(32,33)34)39-23-15-35(25(36)37)22(16-38-40(5,6)26(2,3)4)24(23)18-10-8-7-9-11-18/h7-14,17,22-24H,15-16H2,1-6H3,(H,36,37). The molecule has 3 rings (SSSR count). The number of benzene rings is 2. The molecule has 40 heavy (non-hydrogen) atoms. The quantitative estimate of drug-likeness (QED) is 0.260. The highest BCUT2D eigenvalue weighted by molar-refractivity contribution is 6.74. The number of carboxylic acid groups (broad SMARTS) is 1. The third-order valence-electron chi connectivity index (χ3n) is 7.90. The minimum Gasteiger partial charge on any atom is -0.465 e. The zero-order chi connectivity index (χ0) is 30.3. The van der Waals surface area contributed by atoms with E-state index in [1.165, 1.54) is 11.8 Å². The van der Waals surface area contributed by atoms with E-state index in [1.54, 1.807) is 30.3 Å². The maximum atomic E-state index is 13.5. The normalized spacial score (nSPS) is 21.5. The van der Waals surface area contributed by atoms with Crippen molar-refractivity contribution in [2.45, 2.75) is 82.3 Å². The average Bonchev–Trinajstić information content (AvgIpc) is 3.19. The number of nitrogens with zero attached hydrogens (tertiary/aromatic N) is 1. The van der Waals surface area contributed by atoms with Crippen LogP contribution >= 0.6 is 0 Å². The van der Waals surface area contributed by atoms with Crippen LogP contribution in [0.5, 0.6) is 0 Å². The van der Waals surface area contributed by atoms with E-state index >= 15 is 0 Å². The predicted octanol–water partition coefficient (Wildman–Crippen LogP) is 8.34. The average molecular weight is 592 g/mol. The van der Waals surface area contributed by atoms with Gasteiger partial charge in [-0.2, -0.15) is 26.3 Å². The molecule has 1 amide bonds. The van der Waals surface area contributed by atoms with Crippen molar-refractivity contribution in [2.75, 3.05) is 13.2 Å². The highest BCUT2D eigenvalue weighted by Gasteiger charge is 2.48. The van der Waals surface area contributed by atoms with Crippen LogP contribution in [0.1, 0.15) is 62.0 Å². The molecule has 4 unspecified atom stereocenters. The number of hydrogen-bond acceptors (Lipinski definition) is 3. The third-order valence-corrected chi connectivity index (χ3v) is 12.4. The molecule has 0 spiro atoms. The summed E-state index contributed by atoms with van der Waals surface area (Å²) in [5.41, 5.74) is -2.46. The van der Waals surface area contributed by atoms with E-state index in [0.717, 1.165) is 5.56 Å². The van der Waals surface area contributed by atoms with Crippen LogP contribution in [0.25, 0.3) is 0 Å². The minimum atomic E-state index is -5.00. The molecule has 222 valence electrons. The minimum absolute atomic E-state index is 0.0678. The molecule has 1 saturated heterocycles. The van der Waals surface area contributed by atoms with E-state index in [2.05, 4.69) is 20.8 Å². The molecular weight excluding hydrogens is 556 g/mol. The van der Waals surface area contributed by atoms with Crippen molar-refractivity contribution < 1.29 is 45.4 Å². The summed E-state index contributed by atoms with van der Waals surface area (Å²) in [6.07, 6.45) is -13.3. The number of likely N-dealkylation sites (tertiary alicyclic amines) is 1. The lowest BCUT2D eigenvalue weighted by atomic mass is 9.90. The van der Waals surface area contributed by atoms with Crippen LogP contribution in [-0.2, 0) is 21.5 Å². The van der Waals surface area contributed by atoms with Crippen LogP contribution in [0.4, 0.5) is 31.1 Å². The summed E-state index contributed by atoms with van der Waals surface area (Å²) in [5, 5.41) is 9.89. The van der Waals surface area contributed by atoms with E-state index in [1.807, 2.05) is 13.1 Å². The molecule has 1 heterocycles. The number of hydrogen-bond donors (Lipinski definition) is 1. The number of halogens is 6. The number of rotatable bonds is 7. The lowest BCUT2D eigenvalue weighted by Crippen LogP contribution is -2.46. The first-order chi connectivity index (χ1) is 18.2. The van der Waals surface area contributed by atoms with E-state index in [4.69, 9.17) is 9.16 Å². The smallest absolute Gasteiger partial charge is 0.416 e. The molecule has 0 saturated carbocycles. The summed E-state index contributed by atoms with van der Waals surface area (Å²) in [4.78, 5) is 13.5. The Bertz CT molecular complexity index is 1150. The van der Waals surface area contributed by atoms with Crippen LogP contribution in [0.3, 0.4) is 0 Å². The van der Waals surface area contributed by atoms with Crippen molar-refractivity contribution in [3.05, 3.63) is 70.8 Å². The fraction of sp³-hybridized carbons (Fsp3) is 0.536. The first kappa shape index (κ1) is 31.9. The second-order valence-electron chi connectivity index (χ2n) is 11.7. The van der Waals surface area contributed by atoms with Crippen LogP contribution in [0.2, 0.25) is 18.1 Å². The van der Waals surface area contributed by atoms with E-state index in [0.29, 0.717) is 12.1 Å². The Kier molecular flexibility index (Phi) is 9.08. The number of amides is 1. The van der Waals surface area contributed by atoms with Crippen LogP contribution < -0.4 is 0 Å². The molecule has 0 radical (unpaired) electrons. The van der Waals surface area contributed by atoms with Crippen molar-refractivity contribution >= 4 is 14.4 Å². The van der Waals surface area contributed by atoms with Gasteiger partial charge in [0.15, 0.2) is 8.32 Å². The number of alkyl halides is 6. The summed E-state index contributed by atoms with van der Waals surface area (Å²) in [6, 6.07) is 9.58. The van der Waals surface area contributed by atoms with Gasteiger partial charge in [-0.05, 0) is 54.4 Å². The zero-order valence-electron chi connectivity index (χ0n) is 23.2. The SMILES string of the molecule is CC(OC1CN(C(=O)O)C(CO[Si](C)(C)C(C)(C)C)C1c1ccccc1)c1cc(C(F)(F)F)cc(C(F)(F)F)c1. The van der Waals surface area contributed by atoms with Gasteiger partial charge in [-0.25, -0.2) is 4.79 Å². The molecule has 0 aliphatic carbocycles. The van der Waals surface area contributed by atoms with Gasteiger partial charge in [0.05, 0.1) is 42.5 Å². The molecule has 2 aromatic rings. The van der Waals surface area contributed by atoms with Crippen molar-refractivity contribution in [1.82, 2.24) is 4.90 Å². The summed E-state index contributed by atoms with van der Waals surface area (Å²) in [6.45, 7) is 11.5. The molecule has 1 aliphatic rings. The van der Waals surface area contributed by atoms with E-state index in [9.17, 15) is 36.2 Å². The predicted molar refractivity (Wildman–Crippen MR) is 141 cm³/mol. The van der Waals surface area contributed by atoms with Crippen LogP contribution in [0.15, 0.2) is 48.5 Å². The first-order valence-corrected chi connectivity index (χ1v) is 15.8. The van der Waals surface area contributed by atoms with Gasteiger partial charge in [0.2, 0.25) is 0 Å². The first-order valence-electron chi connectivity index (χ1n) is 12.9. The Labute approximate surface area is 231 Å². The molecule has 0 aromatic heterocycles. The fourth-order valence-corrected chi connectivity index (χ4v) is 5.62. The van der Waals surface area contributed by atoms with Gasteiger partial charge in [-0.1, -0.05) is 51.1 Å². The Hall–Kier alpha value is -2.57. The Balaban J connectivity index is 2.00. The molecule has 0 bridgehead atoms. The van der Waals surface area contributed by atoms with Crippen LogP contribution in [0, 0.1) is 0 Å². The van der Waals surface area contributed by atoms with Gasteiger partial charge < -0.3 is 14.3 Å². The topological polar surface area (TPSA) is 59.0 Å². The summed E-state index contributed by atoms with van der Waals surface area (Å²) < 4.78 is 93.2. The van der Waals surface area contributed by atoms with Gasteiger partial charge in [0, 0.05) is 5.92 Å². The van der Waals surface area contributed by atoms with Gasteiger partial charge in [0.25, 0.3) is 0 Å². The second-order valence-corrected chi connectivity index (χ2v) is 16.5. The molecule has 1 aliphatic heterocycles. The molecule has 4 atom stereocenters.